The molecule has 1 aromatic carbocycles. The van der Waals surface area contributed by atoms with Crippen molar-refractivity contribution >= 4 is 11.7 Å². The first-order valence-corrected chi connectivity index (χ1v) is 6.09. The van der Waals surface area contributed by atoms with Crippen LogP contribution < -0.4 is 10.6 Å². The van der Waals surface area contributed by atoms with Crippen LogP contribution in [0.15, 0.2) is 28.7 Å². The summed E-state index contributed by atoms with van der Waals surface area (Å²) in [5.74, 6) is 0.574. The van der Waals surface area contributed by atoms with E-state index in [9.17, 15) is 0 Å². The minimum atomic E-state index is 0.0514. The molecule has 0 amide bonds. The Hall–Kier alpha value is -1.88. The van der Waals surface area contributed by atoms with Gasteiger partial charge < -0.3 is 15.1 Å². The molecule has 0 fully saturated rings. The third-order valence-electron chi connectivity index (χ3n) is 2.86. The minimum Gasteiger partial charge on any atom is -0.406 e. The predicted octanol–water partition coefficient (Wildman–Crippen LogP) is 2.66. The number of hydrogen-bond acceptors (Lipinski definition) is 5. The van der Waals surface area contributed by atoms with Crippen LogP contribution in [-0.4, -0.2) is 17.2 Å². The van der Waals surface area contributed by atoms with Gasteiger partial charge in [-0.3, -0.25) is 0 Å². The Morgan fingerprint density at radius 2 is 1.94 bits per heavy atom. The molecule has 5 nitrogen and oxygen atoms in total. The monoisotopic (exact) mass is 246 g/mol. The van der Waals surface area contributed by atoms with Crippen LogP contribution in [0.25, 0.3) is 0 Å². The van der Waals surface area contributed by atoms with Gasteiger partial charge in [-0.15, -0.1) is 5.10 Å². The molecule has 0 aliphatic carbocycles. The zero-order valence-electron chi connectivity index (χ0n) is 10.9. The Bertz CT molecular complexity index is 492. The molecular weight excluding hydrogens is 228 g/mol. The van der Waals surface area contributed by atoms with Gasteiger partial charge in [-0.1, -0.05) is 24.2 Å². The third kappa shape index (κ3) is 2.87. The molecule has 5 heteroatoms. The number of rotatable bonds is 5. The Kier molecular flexibility index (Phi) is 3.94. The Balaban J connectivity index is 2.06. The van der Waals surface area contributed by atoms with Crippen molar-refractivity contribution < 1.29 is 4.42 Å². The summed E-state index contributed by atoms with van der Waals surface area (Å²) in [6, 6.07) is 8.63. The fraction of sp³-hybridized carbons (Fsp3) is 0.385. The zero-order chi connectivity index (χ0) is 13.0. The number of nitrogens with one attached hydrogen (secondary N) is 2. The first-order valence-electron chi connectivity index (χ1n) is 6.09. The lowest BCUT2D eigenvalue weighted by Crippen LogP contribution is -2.12. The number of aryl methyl sites for hydroxylation is 1. The average Bonchev–Trinajstić information content (AvgIpc) is 2.87. The van der Waals surface area contributed by atoms with Crippen molar-refractivity contribution in [3.63, 3.8) is 0 Å². The molecule has 1 unspecified atom stereocenters. The highest BCUT2D eigenvalue weighted by molar-refractivity contribution is 5.52. The largest absolute Gasteiger partial charge is 0.406 e. The van der Waals surface area contributed by atoms with Crippen molar-refractivity contribution in [1.29, 1.82) is 0 Å². The topological polar surface area (TPSA) is 63.0 Å². The Labute approximate surface area is 107 Å². The molecule has 0 aliphatic rings. The summed E-state index contributed by atoms with van der Waals surface area (Å²) in [7, 11) is 1.85. The van der Waals surface area contributed by atoms with Gasteiger partial charge in [0.25, 0.3) is 0 Å². The first-order chi connectivity index (χ1) is 8.72. The molecule has 0 aliphatic heterocycles. The van der Waals surface area contributed by atoms with E-state index in [-0.39, 0.29) is 6.04 Å². The molecule has 1 aromatic heterocycles. The number of hydrogen-bond donors (Lipinski definition) is 2. The van der Waals surface area contributed by atoms with Crippen molar-refractivity contribution in [3.05, 3.63) is 35.7 Å². The summed E-state index contributed by atoms with van der Waals surface area (Å²) < 4.78 is 5.50. The fourth-order valence-electron chi connectivity index (χ4n) is 1.53. The summed E-state index contributed by atoms with van der Waals surface area (Å²) >= 11 is 0. The molecule has 1 atom stereocenters. The molecule has 2 rings (SSSR count). The van der Waals surface area contributed by atoms with Crippen LogP contribution in [0.2, 0.25) is 0 Å². The quantitative estimate of drug-likeness (QED) is 0.849. The minimum absolute atomic E-state index is 0.0514. The predicted molar refractivity (Wildman–Crippen MR) is 70.9 cm³/mol. The van der Waals surface area contributed by atoms with E-state index in [1.54, 1.807) is 0 Å². The summed E-state index contributed by atoms with van der Waals surface area (Å²) in [6.45, 7) is 4.10. The Morgan fingerprint density at radius 3 is 2.56 bits per heavy atom. The van der Waals surface area contributed by atoms with Gasteiger partial charge in [0.1, 0.15) is 0 Å². The second-order valence-corrected chi connectivity index (χ2v) is 4.13. The van der Waals surface area contributed by atoms with Gasteiger partial charge in [0.05, 0.1) is 6.04 Å². The van der Waals surface area contributed by atoms with Crippen LogP contribution in [-0.2, 0) is 6.42 Å². The van der Waals surface area contributed by atoms with Crippen LogP contribution in [0.5, 0.6) is 0 Å². The SMILES string of the molecule is CCc1ccc(Nc2nnc(C(C)NC)o2)cc1. The van der Waals surface area contributed by atoms with Crippen molar-refractivity contribution in [2.75, 3.05) is 12.4 Å². The van der Waals surface area contributed by atoms with E-state index in [4.69, 9.17) is 4.42 Å². The maximum Gasteiger partial charge on any atom is 0.320 e. The zero-order valence-corrected chi connectivity index (χ0v) is 10.9. The summed E-state index contributed by atoms with van der Waals surface area (Å²) in [5.41, 5.74) is 2.25. The first kappa shape index (κ1) is 12.6. The number of aromatic nitrogens is 2. The van der Waals surface area contributed by atoms with E-state index in [0.29, 0.717) is 11.9 Å². The van der Waals surface area contributed by atoms with Crippen LogP contribution in [0, 0.1) is 0 Å². The molecule has 0 saturated heterocycles. The van der Waals surface area contributed by atoms with Crippen LogP contribution in [0.1, 0.15) is 31.3 Å². The molecule has 1 heterocycles. The normalized spacial score (nSPS) is 12.4. The number of nitrogens with zero attached hydrogens (tertiary/aromatic N) is 2. The third-order valence-corrected chi connectivity index (χ3v) is 2.86. The standard InChI is InChI=1S/C13H18N4O/c1-4-10-5-7-11(8-6-10)15-13-17-16-12(18-13)9(2)14-3/h5-9,14H,4H2,1-3H3,(H,15,17). The van der Waals surface area contributed by atoms with Crippen molar-refractivity contribution in [1.82, 2.24) is 15.5 Å². The van der Waals surface area contributed by atoms with E-state index < -0.39 is 0 Å². The van der Waals surface area contributed by atoms with E-state index >= 15 is 0 Å². The van der Waals surface area contributed by atoms with Gasteiger partial charge in [-0.25, -0.2) is 0 Å². The molecule has 0 spiro atoms. The molecule has 18 heavy (non-hydrogen) atoms. The summed E-state index contributed by atoms with van der Waals surface area (Å²) in [5, 5.41) is 14.1. The maximum atomic E-state index is 5.50. The van der Waals surface area contributed by atoms with Crippen molar-refractivity contribution in [3.8, 4) is 0 Å². The summed E-state index contributed by atoms with van der Waals surface area (Å²) in [4.78, 5) is 0. The lowest BCUT2D eigenvalue weighted by molar-refractivity contribution is 0.443. The highest BCUT2D eigenvalue weighted by Gasteiger charge is 2.11. The van der Waals surface area contributed by atoms with Gasteiger partial charge >= 0.3 is 6.01 Å². The van der Waals surface area contributed by atoms with E-state index in [1.807, 2.05) is 26.1 Å². The molecule has 2 N–H and O–H groups in total. The number of anilines is 2. The van der Waals surface area contributed by atoms with Gasteiger partial charge in [-0.2, -0.15) is 0 Å². The Morgan fingerprint density at radius 1 is 1.22 bits per heavy atom. The molecule has 96 valence electrons. The van der Waals surface area contributed by atoms with Crippen molar-refractivity contribution in [2.24, 2.45) is 0 Å². The summed E-state index contributed by atoms with van der Waals surface area (Å²) in [6.07, 6.45) is 1.03. The van der Waals surface area contributed by atoms with Crippen LogP contribution >= 0.6 is 0 Å². The van der Waals surface area contributed by atoms with Crippen LogP contribution in [0.3, 0.4) is 0 Å². The molecule has 2 aromatic rings. The molecule has 0 saturated carbocycles. The smallest absolute Gasteiger partial charge is 0.320 e. The lowest BCUT2D eigenvalue weighted by Gasteiger charge is -2.04. The van der Waals surface area contributed by atoms with E-state index in [2.05, 4.69) is 39.9 Å². The lowest BCUT2D eigenvalue weighted by atomic mass is 10.1. The van der Waals surface area contributed by atoms with Gasteiger partial charge in [0.15, 0.2) is 0 Å². The molecule has 0 radical (unpaired) electrons. The van der Waals surface area contributed by atoms with E-state index in [1.165, 1.54) is 5.56 Å². The highest BCUT2D eigenvalue weighted by Crippen LogP contribution is 2.18. The van der Waals surface area contributed by atoms with Gasteiger partial charge in [0.2, 0.25) is 5.89 Å². The van der Waals surface area contributed by atoms with Crippen LogP contribution in [0.4, 0.5) is 11.7 Å². The molecular formula is C13H18N4O. The van der Waals surface area contributed by atoms with Gasteiger partial charge in [-0.05, 0) is 38.1 Å². The number of benzene rings is 1. The van der Waals surface area contributed by atoms with Gasteiger partial charge in [0, 0.05) is 5.69 Å². The van der Waals surface area contributed by atoms with Crippen molar-refractivity contribution in [2.45, 2.75) is 26.3 Å². The second-order valence-electron chi connectivity index (χ2n) is 4.13. The van der Waals surface area contributed by atoms with E-state index in [0.717, 1.165) is 12.1 Å². The second kappa shape index (κ2) is 5.64. The molecule has 0 bridgehead atoms. The maximum absolute atomic E-state index is 5.50. The highest BCUT2D eigenvalue weighted by atomic mass is 16.4. The average molecular weight is 246 g/mol. The fourth-order valence-corrected chi connectivity index (χ4v) is 1.53.